The Morgan fingerprint density at radius 3 is 2.46 bits per heavy atom. The zero-order chi connectivity index (χ0) is 19.9. The summed E-state index contributed by atoms with van der Waals surface area (Å²) in [6, 6.07) is 18.8. The molecule has 2 aromatic carbocycles. The van der Waals surface area contributed by atoms with E-state index in [0.29, 0.717) is 11.4 Å². The summed E-state index contributed by atoms with van der Waals surface area (Å²) >= 11 is 0. The number of aliphatic hydroxyl groups excluding tert-OH is 1. The van der Waals surface area contributed by atoms with Gasteiger partial charge in [-0.3, -0.25) is 9.59 Å². The Morgan fingerprint density at radius 1 is 1.11 bits per heavy atom. The number of methoxy groups -OCH3 is 1. The van der Waals surface area contributed by atoms with Gasteiger partial charge in [0.15, 0.2) is 0 Å². The van der Waals surface area contributed by atoms with E-state index in [2.05, 4.69) is 10.4 Å². The Kier molecular flexibility index (Phi) is 6.18. The van der Waals surface area contributed by atoms with Crippen molar-refractivity contribution in [2.45, 2.75) is 12.6 Å². The van der Waals surface area contributed by atoms with Crippen LogP contribution in [0.3, 0.4) is 0 Å². The fourth-order valence-corrected chi connectivity index (χ4v) is 2.77. The summed E-state index contributed by atoms with van der Waals surface area (Å²) in [5, 5.41) is 16.6. The maximum atomic E-state index is 12.4. The van der Waals surface area contributed by atoms with E-state index < -0.39 is 11.9 Å². The molecule has 0 fully saturated rings. The van der Waals surface area contributed by atoms with Gasteiger partial charge in [0.05, 0.1) is 25.5 Å². The quantitative estimate of drug-likeness (QED) is 0.653. The van der Waals surface area contributed by atoms with E-state index in [-0.39, 0.29) is 18.7 Å². The second-order valence-electron chi connectivity index (χ2n) is 6.16. The molecule has 0 aliphatic carbocycles. The highest BCUT2D eigenvalue weighted by Gasteiger charge is 2.15. The number of rotatable bonds is 7. The Hall–Kier alpha value is -3.45. The Balaban J connectivity index is 1.75. The summed E-state index contributed by atoms with van der Waals surface area (Å²) in [4.78, 5) is 24.5. The predicted molar refractivity (Wildman–Crippen MR) is 105 cm³/mol. The number of aliphatic hydroxyl groups is 1. The van der Waals surface area contributed by atoms with Crippen molar-refractivity contribution in [1.82, 2.24) is 15.1 Å². The van der Waals surface area contributed by atoms with Crippen LogP contribution in [0.2, 0.25) is 0 Å². The number of benzene rings is 2. The molecule has 7 nitrogen and oxygen atoms in total. The van der Waals surface area contributed by atoms with Gasteiger partial charge in [-0.25, -0.2) is 4.68 Å². The van der Waals surface area contributed by atoms with Crippen molar-refractivity contribution in [3.8, 4) is 17.0 Å². The Labute approximate surface area is 162 Å². The molecule has 0 radical (unpaired) electrons. The first-order valence-electron chi connectivity index (χ1n) is 8.78. The molecule has 0 aliphatic heterocycles. The second kappa shape index (κ2) is 8.96. The highest BCUT2D eigenvalue weighted by Crippen LogP contribution is 2.19. The van der Waals surface area contributed by atoms with Gasteiger partial charge in [-0.05, 0) is 35.9 Å². The van der Waals surface area contributed by atoms with Gasteiger partial charge in [0.1, 0.15) is 12.3 Å². The molecule has 0 saturated carbocycles. The highest BCUT2D eigenvalue weighted by molar-refractivity contribution is 5.76. The number of carbonyl (C=O) groups is 1. The van der Waals surface area contributed by atoms with Crippen LogP contribution in [0.15, 0.2) is 71.5 Å². The van der Waals surface area contributed by atoms with E-state index in [1.54, 1.807) is 25.3 Å². The van der Waals surface area contributed by atoms with Gasteiger partial charge in [-0.2, -0.15) is 5.10 Å². The van der Waals surface area contributed by atoms with Crippen LogP contribution >= 0.6 is 0 Å². The third kappa shape index (κ3) is 4.63. The fourth-order valence-electron chi connectivity index (χ4n) is 2.77. The van der Waals surface area contributed by atoms with Gasteiger partial charge in [-0.15, -0.1) is 0 Å². The second-order valence-corrected chi connectivity index (χ2v) is 6.16. The molecule has 0 saturated heterocycles. The lowest BCUT2D eigenvalue weighted by Gasteiger charge is -2.17. The zero-order valence-electron chi connectivity index (χ0n) is 15.4. The van der Waals surface area contributed by atoms with Crippen molar-refractivity contribution < 1.29 is 14.6 Å². The van der Waals surface area contributed by atoms with E-state index in [9.17, 15) is 14.7 Å². The molecule has 2 N–H and O–H groups in total. The number of hydrogen-bond acceptors (Lipinski definition) is 5. The predicted octanol–water partition coefficient (Wildman–Crippen LogP) is 1.77. The molecular weight excluding hydrogens is 358 g/mol. The first-order valence-corrected chi connectivity index (χ1v) is 8.78. The molecule has 0 spiro atoms. The molecule has 1 atom stereocenters. The minimum absolute atomic E-state index is 0.244. The number of amides is 1. The fraction of sp³-hybridized carbons (Fsp3) is 0.190. The van der Waals surface area contributed by atoms with Crippen molar-refractivity contribution in [3.05, 3.63) is 82.6 Å². The number of nitrogens with one attached hydrogen (secondary N) is 1. The smallest absolute Gasteiger partial charge is 0.267 e. The van der Waals surface area contributed by atoms with E-state index in [4.69, 9.17) is 4.74 Å². The maximum absolute atomic E-state index is 12.4. The van der Waals surface area contributed by atoms with Gasteiger partial charge in [0.25, 0.3) is 5.56 Å². The van der Waals surface area contributed by atoms with Gasteiger partial charge < -0.3 is 15.2 Å². The van der Waals surface area contributed by atoms with Crippen LogP contribution in [-0.4, -0.2) is 34.5 Å². The van der Waals surface area contributed by atoms with Crippen LogP contribution in [0.1, 0.15) is 11.6 Å². The normalized spacial score (nSPS) is 11.6. The largest absolute Gasteiger partial charge is 0.497 e. The molecule has 144 valence electrons. The molecular formula is C21H21N3O4. The number of hydrogen-bond donors (Lipinski definition) is 2. The van der Waals surface area contributed by atoms with Crippen LogP contribution in [0, 0.1) is 0 Å². The van der Waals surface area contributed by atoms with Gasteiger partial charge in [0.2, 0.25) is 5.91 Å². The van der Waals surface area contributed by atoms with Crippen LogP contribution in [0.25, 0.3) is 11.3 Å². The van der Waals surface area contributed by atoms with Crippen molar-refractivity contribution in [1.29, 1.82) is 0 Å². The molecule has 0 bridgehead atoms. The summed E-state index contributed by atoms with van der Waals surface area (Å²) < 4.78 is 6.24. The average Bonchev–Trinajstić information content (AvgIpc) is 2.74. The van der Waals surface area contributed by atoms with Crippen molar-refractivity contribution in [3.63, 3.8) is 0 Å². The molecule has 1 heterocycles. The molecule has 28 heavy (non-hydrogen) atoms. The SMILES string of the molecule is COc1ccc(-c2ccc(=O)n(CC(=O)N[C@H](CO)c3ccccc3)n2)cc1. The lowest BCUT2D eigenvalue weighted by atomic mass is 10.1. The number of ether oxygens (including phenoxy) is 1. The minimum Gasteiger partial charge on any atom is -0.497 e. The van der Waals surface area contributed by atoms with E-state index >= 15 is 0 Å². The molecule has 7 heteroatoms. The van der Waals surface area contributed by atoms with Gasteiger partial charge in [0, 0.05) is 11.6 Å². The molecule has 1 aromatic heterocycles. The molecule has 1 amide bonds. The zero-order valence-corrected chi connectivity index (χ0v) is 15.4. The van der Waals surface area contributed by atoms with Crippen LogP contribution < -0.4 is 15.6 Å². The third-order valence-electron chi connectivity index (χ3n) is 4.27. The van der Waals surface area contributed by atoms with Gasteiger partial charge >= 0.3 is 0 Å². The summed E-state index contributed by atoms with van der Waals surface area (Å²) in [6.45, 7) is -0.490. The highest BCUT2D eigenvalue weighted by atomic mass is 16.5. The van der Waals surface area contributed by atoms with Crippen molar-refractivity contribution in [2.24, 2.45) is 0 Å². The monoisotopic (exact) mass is 379 g/mol. The van der Waals surface area contributed by atoms with E-state index in [0.717, 1.165) is 15.8 Å². The van der Waals surface area contributed by atoms with Crippen molar-refractivity contribution in [2.75, 3.05) is 13.7 Å². The van der Waals surface area contributed by atoms with Gasteiger partial charge in [-0.1, -0.05) is 30.3 Å². The Morgan fingerprint density at radius 2 is 1.82 bits per heavy atom. The Bertz CT molecular complexity index is 985. The summed E-state index contributed by atoms with van der Waals surface area (Å²) in [6.07, 6.45) is 0. The maximum Gasteiger partial charge on any atom is 0.267 e. The van der Waals surface area contributed by atoms with Crippen LogP contribution in [-0.2, 0) is 11.3 Å². The lowest BCUT2D eigenvalue weighted by molar-refractivity contribution is -0.123. The first kappa shape index (κ1) is 19.3. The number of aromatic nitrogens is 2. The van der Waals surface area contributed by atoms with Crippen LogP contribution in [0.5, 0.6) is 5.75 Å². The first-order chi connectivity index (χ1) is 13.6. The number of nitrogens with zero attached hydrogens (tertiary/aromatic N) is 2. The molecule has 0 aliphatic rings. The molecule has 3 aromatic rings. The molecule has 3 rings (SSSR count). The number of carbonyl (C=O) groups excluding carboxylic acids is 1. The molecule has 0 unspecified atom stereocenters. The third-order valence-corrected chi connectivity index (χ3v) is 4.27. The van der Waals surface area contributed by atoms with Crippen molar-refractivity contribution >= 4 is 5.91 Å². The van der Waals surface area contributed by atoms with Crippen LogP contribution in [0.4, 0.5) is 0 Å². The lowest BCUT2D eigenvalue weighted by Crippen LogP contribution is -2.36. The average molecular weight is 379 g/mol. The van der Waals surface area contributed by atoms with E-state index in [1.807, 2.05) is 42.5 Å². The summed E-state index contributed by atoms with van der Waals surface area (Å²) in [5.41, 5.74) is 1.77. The summed E-state index contributed by atoms with van der Waals surface area (Å²) in [5.74, 6) is 0.303. The minimum atomic E-state index is -0.547. The summed E-state index contributed by atoms with van der Waals surface area (Å²) in [7, 11) is 1.58. The standard InChI is InChI=1S/C21H21N3O4/c1-28-17-9-7-16(8-10-17)18-11-12-21(27)24(23-18)13-20(26)22-19(14-25)15-5-3-2-4-6-15/h2-12,19,25H,13-14H2,1H3,(H,22,26)/t19-/m1/s1. The topological polar surface area (TPSA) is 93.5 Å². The van der Waals surface area contributed by atoms with E-state index in [1.165, 1.54) is 6.07 Å².